The summed E-state index contributed by atoms with van der Waals surface area (Å²) in [7, 11) is 0. The minimum absolute atomic E-state index is 0.144. The number of rotatable bonds is 8. The highest BCUT2D eigenvalue weighted by Crippen LogP contribution is 2.44. The number of anilines is 1. The smallest absolute Gasteiger partial charge is 0.432 e. The zero-order valence-corrected chi connectivity index (χ0v) is 22.4. The van der Waals surface area contributed by atoms with Gasteiger partial charge in [0, 0.05) is 0 Å². The predicted molar refractivity (Wildman–Crippen MR) is 130 cm³/mol. The van der Waals surface area contributed by atoms with Gasteiger partial charge < -0.3 is 38.9 Å². The Kier molecular flexibility index (Phi) is 9.02. The van der Waals surface area contributed by atoms with Crippen LogP contribution in [0.1, 0.15) is 53.3 Å². The van der Waals surface area contributed by atoms with Crippen LogP contribution in [0.2, 0.25) is 0 Å². The monoisotopic (exact) mass is 549 g/mol. The Bertz CT molecular complexity index is 1240. The third-order valence-corrected chi connectivity index (χ3v) is 5.24. The van der Waals surface area contributed by atoms with Gasteiger partial charge in [-0.05, 0) is 53.7 Å². The van der Waals surface area contributed by atoms with E-state index in [1.54, 1.807) is 53.7 Å². The summed E-state index contributed by atoms with van der Waals surface area (Å²) in [5.41, 5.74) is 4.42. The topological polar surface area (TPSA) is 196 Å². The van der Waals surface area contributed by atoms with E-state index in [2.05, 4.69) is 10.1 Å². The van der Waals surface area contributed by atoms with E-state index in [0.717, 1.165) is 0 Å². The summed E-state index contributed by atoms with van der Waals surface area (Å²) in [6.07, 6.45) is -8.29. The first-order chi connectivity index (χ1) is 18.4. The molecule has 3 heterocycles. The lowest BCUT2D eigenvalue weighted by molar-refractivity contribution is -0.100. The molecule has 3 rings (SSSR count). The van der Waals surface area contributed by atoms with Crippen molar-refractivity contribution in [2.45, 2.75) is 83.8 Å². The summed E-state index contributed by atoms with van der Waals surface area (Å²) in [6.45, 7) is 8.83. The van der Waals surface area contributed by atoms with E-state index in [1.165, 1.54) is 10.8 Å². The molecule has 1 fully saturated rings. The van der Waals surface area contributed by atoms with Crippen molar-refractivity contribution in [3.8, 4) is 6.07 Å². The van der Waals surface area contributed by atoms with E-state index in [4.69, 9.17) is 38.9 Å². The number of hydrogen-bond donors (Lipinski definition) is 1. The second kappa shape index (κ2) is 12.0. The SMILES string of the molecule is CC(C)OC(=O)OC[C@@]1(C#N)O[C@@H](c2ccc3c(N)ncnn23)[C@H](OC(=O)OC(C)C)[C@@H]1OC(=O)OC(C)C. The predicted octanol–water partition coefficient (Wildman–Crippen LogP) is 3.07. The fourth-order valence-corrected chi connectivity index (χ4v) is 3.77. The van der Waals surface area contributed by atoms with Crippen LogP contribution in [0.25, 0.3) is 5.52 Å². The average Bonchev–Trinajstić information content (AvgIpc) is 3.37. The van der Waals surface area contributed by atoms with Crippen LogP contribution in [0.4, 0.5) is 20.2 Å². The second-order valence-electron chi connectivity index (χ2n) is 9.40. The highest BCUT2D eigenvalue weighted by atomic mass is 16.8. The first kappa shape index (κ1) is 29.2. The molecular formula is C24H31N5O10. The number of nitrogens with two attached hydrogens (primary N) is 1. The minimum atomic E-state index is -2.18. The largest absolute Gasteiger partial charge is 0.509 e. The van der Waals surface area contributed by atoms with Crippen molar-refractivity contribution < 1.29 is 47.5 Å². The number of nitrogens with zero attached hydrogens (tertiary/aromatic N) is 4. The number of fused-ring (bicyclic) bond motifs is 1. The molecule has 15 heteroatoms. The number of carbonyl (C=O) groups is 3. The maximum atomic E-state index is 12.6. The molecule has 1 aliphatic rings. The first-order valence-corrected chi connectivity index (χ1v) is 12.1. The minimum Gasteiger partial charge on any atom is -0.432 e. The van der Waals surface area contributed by atoms with Crippen molar-refractivity contribution in [3.63, 3.8) is 0 Å². The molecule has 0 radical (unpaired) electrons. The Morgan fingerprint density at radius 3 is 2.21 bits per heavy atom. The van der Waals surface area contributed by atoms with Crippen LogP contribution >= 0.6 is 0 Å². The van der Waals surface area contributed by atoms with Gasteiger partial charge in [-0.3, -0.25) is 0 Å². The van der Waals surface area contributed by atoms with Crippen molar-refractivity contribution in [3.05, 3.63) is 24.2 Å². The van der Waals surface area contributed by atoms with E-state index < -0.39 is 67.3 Å². The molecule has 1 saturated heterocycles. The van der Waals surface area contributed by atoms with Crippen molar-refractivity contribution >= 4 is 29.8 Å². The van der Waals surface area contributed by atoms with Gasteiger partial charge in [-0.15, -0.1) is 0 Å². The van der Waals surface area contributed by atoms with Gasteiger partial charge in [0.1, 0.15) is 30.6 Å². The number of hydrogen-bond acceptors (Lipinski definition) is 14. The molecule has 0 unspecified atom stereocenters. The summed E-state index contributed by atoms with van der Waals surface area (Å²) < 4.78 is 38.8. The summed E-state index contributed by atoms with van der Waals surface area (Å²) in [6, 6.07) is 5.05. The number of nitrogen functional groups attached to an aromatic ring is 1. The van der Waals surface area contributed by atoms with Gasteiger partial charge in [0.15, 0.2) is 18.0 Å². The molecule has 15 nitrogen and oxygen atoms in total. The molecule has 2 aromatic rings. The van der Waals surface area contributed by atoms with Crippen molar-refractivity contribution in [1.29, 1.82) is 5.26 Å². The Labute approximate surface area is 224 Å². The number of ether oxygens (including phenoxy) is 7. The Balaban J connectivity index is 2.10. The number of aromatic nitrogens is 3. The molecule has 2 aromatic heterocycles. The molecule has 0 spiro atoms. The van der Waals surface area contributed by atoms with Crippen LogP contribution in [0, 0.1) is 11.3 Å². The van der Waals surface area contributed by atoms with Gasteiger partial charge in [0.2, 0.25) is 5.60 Å². The van der Waals surface area contributed by atoms with E-state index in [9.17, 15) is 19.6 Å². The van der Waals surface area contributed by atoms with Gasteiger partial charge in [-0.25, -0.2) is 23.9 Å². The third-order valence-electron chi connectivity index (χ3n) is 5.24. The number of nitriles is 1. The van der Waals surface area contributed by atoms with E-state index >= 15 is 0 Å². The van der Waals surface area contributed by atoms with Crippen molar-refractivity contribution in [1.82, 2.24) is 14.6 Å². The highest BCUT2D eigenvalue weighted by molar-refractivity contribution is 5.66. The first-order valence-electron chi connectivity index (χ1n) is 12.1. The fourth-order valence-electron chi connectivity index (χ4n) is 3.77. The lowest BCUT2D eigenvalue weighted by Crippen LogP contribution is -2.50. The van der Waals surface area contributed by atoms with E-state index in [1.807, 2.05) is 6.07 Å². The molecule has 2 N–H and O–H groups in total. The van der Waals surface area contributed by atoms with Crippen molar-refractivity contribution in [2.75, 3.05) is 12.3 Å². The van der Waals surface area contributed by atoms with E-state index in [0.29, 0.717) is 5.52 Å². The zero-order chi connectivity index (χ0) is 28.9. The molecule has 1 aliphatic heterocycles. The van der Waals surface area contributed by atoms with Crippen LogP contribution in [-0.2, 0) is 33.2 Å². The van der Waals surface area contributed by atoms with Crippen LogP contribution in [0.3, 0.4) is 0 Å². The molecule has 0 aliphatic carbocycles. The van der Waals surface area contributed by atoms with E-state index in [-0.39, 0.29) is 11.5 Å². The van der Waals surface area contributed by atoms with Crippen LogP contribution < -0.4 is 5.73 Å². The molecule has 4 atom stereocenters. The Hall–Kier alpha value is -4.32. The summed E-state index contributed by atoms with van der Waals surface area (Å²) >= 11 is 0. The molecule has 0 bridgehead atoms. The van der Waals surface area contributed by atoms with Crippen LogP contribution in [0.5, 0.6) is 0 Å². The van der Waals surface area contributed by atoms with Crippen LogP contribution in [0.15, 0.2) is 18.5 Å². The van der Waals surface area contributed by atoms with Crippen molar-refractivity contribution in [2.24, 2.45) is 0 Å². The van der Waals surface area contributed by atoms with Gasteiger partial charge in [0.25, 0.3) is 0 Å². The maximum Gasteiger partial charge on any atom is 0.509 e. The fraction of sp³-hybridized carbons (Fsp3) is 0.583. The Morgan fingerprint density at radius 1 is 1.03 bits per heavy atom. The zero-order valence-electron chi connectivity index (χ0n) is 22.4. The number of carbonyl (C=O) groups excluding carboxylic acids is 3. The molecule has 39 heavy (non-hydrogen) atoms. The summed E-state index contributed by atoms with van der Waals surface area (Å²) in [5, 5.41) is 14.5. The molecule has 212 valence electrons. The summed E-state index contributed by atoms with van der Waals surface area (Å²) in [4.78, 5) is 41.3. The van der Waals surface area contributed by atoms with Crippen LogP contribution in [-0.4, -0.2) is 75.8 Å². The standard InChI is InChI=1S/C24H31N5O10/c1-12(2)34-21(30)33-10-24(9-25)19(38-23(32)36-14(5)6)18(37-22(31)35-13(3)4)17(39-24)15-7-8-16-20(26)27-11-28-29(15)16/h7-8,11-14,17-19H,10H2,1-6H3,(H2,26,27,28)/t17-,18-,19-,24+/m0/s1. The lowest BCUT2D eigenvalue weighted by Gasteiger charge is -2.28. The Morgan fingerprint density at radius 2 is 1.62 bits per heavy atom. The quantitative estimate of drug-likeness (QED) is 0.372. The highest BCUT2D eigenvalue weighted by Gasteiger charge is 2.62. The van der Waals surface area contributed by atoms with Gasteiger partial charge >= 0.3 is 18.5 Å². The summed E-state index contributed by atoms with van der Waals surface area (Å²) in [5.74, 6) is 0.144. The van der Waals surface area contributed by atoms with Gasteiger partial charge in [-0.2, -0.15) is 10.4 Å². The second-order valence-corrected chi connectivity index (χ2v) is 9.40. The van der Waals surface area contributed by atoms with Gasteiger partial charge in [-0.1, -0.05) is 0 Å². The lowest BCUT2D eigenvalue weighted by atomic mass is 9.95. The normalized spacial score (nSPS) is 22.5. The molecule has 0 aromatic carbocycles. The maximum absolute atomic E-state index is 12.6. The average molecular weight is 550 g/mol. The molecular weight excluding hydrogens is 518 g/mol. The molecule has 0 saturated carbocycles. The third kappa shape index (κ3) is 6.77. The molecule has 0 amide bonds. The van der Waals surface area contributed by atoms with Gasteiger partial charge in [0.05, 0.1) is 24.0 Å².